The molecule has 2 saturated carbocycles. The zero-order chi connectivity index (χ0) is 17.6. The van der Waals surface area contributed by atoms with E-state index in [9.17, 15) is 10.2 Å². The van der Waals surface area contributed by atoms with E-state index < -0.39 is 0 Å². The summed E-state index contributed by atoms with van der Waals surface area (Å²) in [5, 5.41) is 21.0. The van der Waals surface area contributed by atoms with Gasteiger partial charge in [-0.3, -0.25) is 0 Å². The molecule has 3 rings (SSSR count). The molecule has 3 aliphatic rings. The van der Waals surface area contributed by atoms with E-state index >= 15 is 0 Å². The molecule has 5 atom stereocenters. The van der Waals surface area contributed by atoms with Crippen LogP contribution in [0.25, 0.3) is 0 Å². The van der Waals surface area contributed by atoms with Gasteiger partial charge in [0.25, 0.3) is 0 Å². The van der Waals surface area contributed by atoms with Gasteiger partial charge in [-0.1, -0.05) is 49.5 Å². The van der Waals surface area contributed by atoms with Crippen molar-refractivity contribution in [2.24, 2.45) is 29.4 Å². The smallest absolute Gasteiger partial charge is 0.0749 e. The Labute approximate surface area is 153 Å². The Morgan fingerprint density at radius 3 is 2.72 bits per heavy atom. The Balaban J connectivity index is 1.50. The number of rotatable bonds is 8. The molecular weight excluding hydrogens is 310 g/mol. The van der Waals surface area contributed by atoms with Crippen LogP contribution in [0, 0.1) is 23.7 Å². The SMILES string of the molecule is NCCCCCC1=C[C@H]2C[C@@H](O)[C@H](C=C[C@@H](O)C3CCCCC3)[C@H]2C1. The summed E-state index contributed by atoms with van der Waals surface area (Å²) in [6.45, 7) is 0.798. The van der Waals surface area contributed by atoms with Gasteiger partial charge in [0.1, 0.15) is 0 Å². The number of nitrogens with two attached hydrogens (primary N) is 1. The highest BCUT2D eigenvalue weighted by molar-refractivity contribution is 5.21. The third-order valence-electron chi connectivity index (χ3n) is 6.82. The summed E-state index contributed by atoms with van der Waals surface area (Å²) in [6.07, 6.45) is 19.0. The van der Waals surface area contributed by atoms with E-state index in [-0.39, 0.29) is 18.1 Å². The first kappa shape index (κ1) is 19.1. The Kier molecular flexibility index (Phi) is 7.15. The number of hydrogen-bond acceptors (Lipinski definition) is 3. The monoisotopic (exact) mass is 347 g/mol. The van der Waals surface area contributed by atoms with Crippen LogP contribution in [0.4, 0.5) is 0 Å². The molecule has 0 aromatic rings. The van der Waals surface area contributed by atoms with Crippen molar-refractivity contribution in [3.63, 3.8) is 0 Å². The molecule has 0 heterocycles. The molecule has 3 nitrogen and oxygen atoms in total. The van der Waals surface area contributed by atoms with Crippen molar-refractivity contribution < 1.29 is 10.2 Å². The topological polar surface area (TPSA) is 66.5 Å². The summed E-state index contributed by atoms with van der Waals surface area (Å²) in [5.41, 5.74) is 7.16. The summed E-state index contributed by atoms with van der Waals surface area (Å²) in [7, 11) is 0. The molecule has 3 heteroatoms. The fourth-order valence-corrected chi connectivity index (χ4v) is 5.34. The lowest BCUT2D eigenvalue weighted by Crippen LogP contribution is -2.22. The van der Waals surface area contributed by atoms with Crippen molar-refractivity contribution in [2.75, 3.05) is 6.54 Å². The molecular formula is C22H37NO2. The van der Waals surface area contributed by atoms with Crippen molar-refractivity contribution >= 4 is 0 Å². The number of fused-ring (bicyclic) bond motifs is 1. The summed E-state index contributed by atoms with van der Waals surface area (Å²) in [4.78, 5) is 0. The van der Waals surface area contributed by atoms with Crippen molar-refractivity contribution in [3.8, 4) is 0 Å². The summed E-state index contributed by atoms with van der Waals surface area (Å²) < 4.78 is 0. The molecule has 0 unspecified atom stereocenters. The number of allylic oxidation sites excluding steroid dienone is 2. The maximum atomic E-state index is 10.5. The lowest BCUT2D eigenvalue weighted by Gasteiger charge is -2.25. The summed E-state index contributed by atoms with van der Waals surface area (Å²) in [6, 6.07) is 0. The van der Waals surface area contributed by atoms with E-state index in [0.29, 0.717) is 17.8 Å². The average molecular weight is 348 g/mol. The van der Waals surface area contributed by atoms with Crippen LogP contribution in [-0.4, -0.2) is 29.0 Å². The highest BCUT2D eigenvalue weighted by Gasteiger charge is 2.43. The van der Waals surface area contributed by atoms with Crippen molar-refractivity contribution in [2.45, 2.75) is 82.8 Å². The number of unbranched alkanes of at least 4 members (excludes halogenated alkanes) is 2. The van der Waals surface area contributed by atoms with E-state index in [0.717, 1.165) is 38.6 Å². The molecule has 4 N–H and O–H groups in total. The van der Waals surface area contributed by atoms with E-state index in [2.05, 4.69) is 12.2 Å². The van der Waals surface area contributed by atoms with Crippen LogP contribution in [-0.2, 0) is 0 Å². The van der Waals surface area contributed by atoms with Gasteiger partial charge in [0.15, 0.2) is 0 Å². The third-order valence-corrected chi connectivity index (χ3v) is 6.82. The minimum atomic E-state index is -0.323. The molecule has 0 aliphatic heterocycles. The zero-order valence-electron chi connectivity index (χ0n) is 15.7. The normalized spacial score (nSPS) is 34.4. The van der Waals surface area contributed by atoms with Crippen LogP contribution in [0.2, 0.25) is 0 Å². The van der Waals surface area contributed by atoms with Gasteiger partial charge in [0.2, 0.25) is 0 Å². The summed E-state index contributed by atoms with van der Waals surface area (Å²) >= 11 is 0. The molecule has 2 fully saturated rings. The van der Waals surface area contributed by atoms with Gasteiger partial charge in [-0.15, -0.1) is 0 Å². The first-order chi connectivity index (χ1) is 12.2. The number of aliphatic hydroxyl groups is 2. The second kappa shape index (κ2) is 9.34. The Bertz CT molecular complexity index is 467. The van der Waals surface area contributed by atoms with Crippen LogP contribution in [0.15, 0.2) is 23.8 Å². The number of aliphatic hydroxyl groups excluding tert-OH is 2. The summed E-state index contributed by atoms with van der Waals surface area (Å²) in [5.74, 6) is 1.75. The van der Waals surface area contributed by atoms with Gasteiger partial charge in [-0.2, -0.15) is 0 Å². The molecule has 0 aromatic carbocycles. The second-order valence-corrected chi connectivity index (χ2v) is 8.61. The van der Waals surface area contributed by atoms with Gasteiger partial charge in [0, 0.05) is 5.92 Å². The largest absolute Gasteiger partial charge is 0.392 e. The molecule has 3 aliphatic carbocycles. The van der Waals surface area contributed by atoms with Gasteiger partial charge in [-0.25, -0.2) is 0 Å². The molecule has 0 bridgehead atoms. The van der Waals surface area contributed by atoms with Gasteiger partial charge in [0.05, 0.1) is 12.2 Å². The van der Waals surface area contributed by atoms with Crippen molar-refractivity contribution in [3.05, 3.63) is 23.8 Å². The average Bonchev–Trinajstić information content (AvgIpc) is 3.14. The predicted octanol–water partition coefficient (Wildman–Crippen LogP) is 3.95. The Morgan fingerprint density at radius 2 is 1.96 bits per heavy atom. The quantitative estimate of drug-likeness (QED) is 0.460. The van der Waals surface area contributed by atoms with Crippen LogP contribution in [0.1, 0.15) is 70.6 Å². The standard InChI is InChI=1S/C22H37NO2/c23-12-6-2-3-7-16-13-18-15-22(25)19(20(18)14-16)10-11-21(24)17-8-4-1-5-9-17/h10-11,13,17-22,24-25H,1-9,12,14-15,23H2/t18-,19+,20-,21+,22+/m0/s1. The lowest BCUT2D eigenvalue weighted by atomic mass is 9.83. The Morgan fingerprint density at radius 1 is 1.16 bits per heavy atom. The molecule has 0 spiro atoms. The van der Waals surface area contributed by atoms with Gasteiger partial charge in [-0.05, 0) is 69.2 Å². The minimum Gasteiger partial charge on any atom is -0.392 e. The molecule has 0 aromatic heterocycles. The second-order valence-electron chi connectivity index (χ2n) is 8.61. The zero-order valence-corrected chi connectivity index (χ0v) is 15.7. The predicted molar refractivity (Wildman–Crippen MR) is 103 cm³/mol. The van der Waals surface area contributed by atoms with Crippen LogP contribution >= 0.6 is 0 Å². The molecule has 25 heavy (non-hydrogen) atoms. The van der Waals surface area contributed by atoms with Crippen LogP contribution in [0.3, 0.4) is 0 Å². The number of hydrogen-bond donors (Lipinski definition) is 3. The molecule has 142 valence electrons. The van der Waals surface area contributed by atoms with Crippen molar-refractivity contribution in [1.29, 1.82) is 0 Å². The van der Waals surface area contributed by atoms with Crippen LogP contribution < -0.4 is 5.73 Å². The minimum absolute atomic E-state index is 0.223. The van der Waals surface area contributed by atoms with Gasteiger partial charge >= 0.3 is 0 Å². The first-order valence-electron chi connectivity index (χ1n) is 10.6. The Hall–Kier alpha value is -0.640. The van der Waals surface area contributed by atoms with E-state index in [1.807, 2.05) is 6.08 Å². The highest BCUT2D eigenvalue weighted by atomic mass is 16.3. The van der Waals surface area contributed by atoms with Gasteiger partial charge < -0.3 is 15.9 Å². The fraction of sp³-hybridized carbons (Fsp3) is 0.818. The van der Waals surface area contributed by atoms with Crippen LogP contribution in [0.5, 0.6) is 0 Å². The van der Waals surface area contributed by atoms with E-state index in [4.69, 9.17) is 5.73 Å². The molecule has 0 saturated heterocycles. The highest BCUT2D eigenvalue weighted by Crippen LogP contribution is 2.48. The van der Waals surface area contributed by atoms with E-state index in [1.54, 1.807) is 5.57 Å². The first-order valence-corrected chi connectivity index (χ1v) is 10.6. The maximum Gasteiger partial charge on any atom is 0.0749 e. The lowest BCUT2D eigenvalue weighted by molar-refractivity contribution is 0.120. The third kappa shape index (κ3) is 4.96. The van der Waals surface area contributed by atoms with E-state index in [1.165, 1.54) is 38.5 Å². The molecule has 0 amide bonds. The molecule has 0 radical (unpaired) electrons. The fourth-order valence-electron chi connectivity index (χ4n) is 5.34. The maximum absolute atomic E-state index is 10.5. The van der Waals surface area contributed by atoms with Crippen molar-refractivity contribution in [1.82, 2.24) is 0 Å².